The molecule has 2 N–H and O–H groups in total. The zero-order chi connectivity index (χ0) is 37.4. The molecular weight excluding hydrogens is 670 g/mol. The number of fused-ring (bicyclic) bond motifs is 1. The van der Waals surface area contributed by atoms with Gasteiger partial charge in [-0.25, -0.2) is 14.8 Å². The van der Waals surface area contributed by atoms with Crippen molar-refractivity contribution in [3.63, 3.8) is 0 Å². The Hall–Kier alpha value is -5.49. The van der Waals surface area contributed by atoms with Crippen LogP contribution in [0.15, 0.2) is 77.3 Å². The fourth-order valence-electron chi connectivity index (χ4n) is 7.33. The van der Waals surface area contributed by atoms with Gasteiger partial charge >= 0.3 is 6.09 Å². The number of oxazole rings is 1. The summed E-state index contributed by atoms with van der Waals surface area (Å²) in [6.07, 6.45) is 4.24. The number of likely N-dealkylation sites (tertiary alicyclic amines) is 2. The van der Waals surface area contributed by atoms with Gasteiger partial charge in [0.05, 0.1) is 23.3 Å². The van der Waals surface area contributed by atoms with Crippen LogP contribution < -0.4 is 5.32 Å². The molecule has 12 nitrogen and oxygen atoms in total. The maximum atomic E-state index is 14.0. The molecule has 7 rings (SSSR count). The molecule has 2 aliphatic heterocycles. The van der Waals surface area contributed by atoms with E-state index >= 15 is 0 Å². The number of ether oxygens (including phenoxy) is 1. The molecule has 3 amide bonds. The van der Waals surface area contributed by atoms with Gasteiger partial charge in [-0.3, -0.25) is 19.4 Å². The van der Waals surface area contributed by atoms with Crippen LogP contribution in [-0.4, -0.2) is 86.4 Å². The first-order valence-corrected chi connectivity index (χ1v) is 18.3. The number of nitrogens with zero attached hydrogens (tertiary/aromatic N) is 5. The van der Waals surface area contributed by atoms with Crippen LogP contribution in [0, 0.1) is 6.92 Å². The van der Waals surface area contributed by atoms with E-state index in [1.54, 1.807) is 6.20 Å². The van der Waals surface area contributed by atoms with Crippen LogP contribution in [0.1, 0.15) is 75.5 Å². The summed E-state index contributed by atoms with van der Waals surface area (Å²) in [7, 11) is 3.88. The zero-order valence-electron chi connectivity index (χ0n) is 31.2. The van der Waals surface area contributed by atoms with Crippen LogP contribution in [0.5, 0.6) is 0 Å². The molecule has 0 saturated carbocycles. The van der Waals surface area contributed by atoms with Gasteiger partial charge < -0.3 is 24.4 Å². The first-order valence-electron chi connectivity index (χ1n) is 18.3. The molecule has 0 unspecified atom stereocenters. The van der Waals surface area contributed by atoms with Crippen molar-refractivity contribution in [2.45, 2.75) is 77.1 Å². The Kier molecular flexibility index (Phi) is 9.82. The van der Waals surface area contributed by atoms with Crippen molar-refractivity contribution in [2.24, 2.45) is 0 Å². The molecule has 276 valence electrons. The van der Waals surface area contributed by atoms with Gasteiger partial charge in [-0.15, -0.1) is 0 Å². The van der Waals surface area contributed by atoms with E-state index in [4.69, 9.17) is 14.1 Å². The molecule has 4 heterocycles. The number of carbonyl (C=O) groups is 3. The van der Waals surface area contributed by atoms with Gasteiger partial charge in [0, 0.05) is 29.9 Å². The lowest BCUT2D eigenvalue weighted by Gasteiger charge is -2.31. The van der Waals surface area contributed by atoms with E-state index in [2.05, 4.69) is 15.3 Å². The van der Waals surface area contributed by atoms with Gasteiger partial charge in [0.25, 0.3) is 0 Å². The number of imidazole rings is 1. The van der Waals surface area contributed by atoms with E-state index in [1.807, 2.05) is 118 Å². The Morgan fingerprint density at radius 2 is 1.70 bits per heavy atom. The number of carbonyl (C=O) groups excluding carboxylic acids is 3. The molecule has 0 radical (unpaired) electrons. The van der Waals surface area contributed by atoms with E-state index in [-0.39, 0.29) is 23.9 Å². The Morgan fingerprint density at radius 1 is 0.962 bits per heavy atom. The van der Waals surface area contributed by atoms with Crippen molar-refractivity contribution in [1.82, 2.24) is 29.7 Å². The summed E-state index contributed by atoms with van der Waals surface area (Å²) in [6, 6.07) is 20.3. The van der Waals surface area contributed by atoms with Gasteiger partial charge in [0.2, 0.25) is 17.7 Å². The van der Waals surface area contributed by atoms with Gasteiger partial charge in [-0.2, -0.15) is 0 Å². The standard InChI is InChI=1S/C41H47N7O5/c1-25-16-17-28(23-30(25)45-37(49)33-15-11-21-48(33)40(51)53-41(2,3)4)38-42-24-34(52-38)27-18-19-29-31(22-27)44-36(43-29)32-14-10-20-47(32)39(50)35(46(5)6)26-12-8-7-9-13-26/h7-9,12-13,16-19,22-24,32-33,35H,10-11,14-15,20-21H2,1-6H3,(H,43,44)(H,45,49)/t32-,33-,35+/m0/s1. The number of anilines is 1. The Bertz CT molecular complexity index is 2130. The van der Waals surface area contributed by atoms with E-state index in [0.29, 0.717) is 42.4 Å². The van der Waals surface area contributed by atoms with Gasteiger partial charge in [-0.1, -0.05) is 36.4 Å². The van der Waals surface area contributed by atoms with Crippen LogP contribution in [0.25, 0.3) is 33.8 Å². The predicted octanol–water partition coefficient (Wildman–Crippen LogP) is 7.50. The third-order valence-electron chi connectivity index (χ3n) is 9.93. The molecule has 2 fully saturated rings. The number of likely N-dealkylation sites (N-methyl/N-ethyl adjacent to an activating group) is 1. The van der Waals surface area contributed by atoms with Crippen molar-refractivity contribution in [2.75, 3.05) is 32.5 Å². The van der Waals surface area contributed by atoms with Crippen LogP contribution in [0.4, 0.5) is 10.5 Å². The smallest absolute Gasteiger partial charge is 0.410 e. The minimum atomic E-state index is -0.647. The second kappa shape index (κ2) is 14.5. The highest BCUT2D eigenvalue weighted by Gasteiger charge is 2.38. The van der Waals surface area contributed by atoms with Crippen LogP contribution in [0.3, 0.4) is 0 Å². The molecule has 0 bridgehead atoms. The summed E-state index contributed by atoms with van der Waals surface area (Å²) >= 11 is 0. The minimum absolute atomic E-state index is 0.0687. The number of benzene rings is 3. The Labute approximate surface area is 309 Å². The van der Waals surface area contributed by atoms with Gasteiger partial charge in [0.1, 0.15) is 23.5 Å². The lowest BCUT2D eigenvalue weighted by Crippen LogP contribution is -2.45. The highest BCUT2D eigenvalue weighted by Crippen LogP contribution is 2.36. The molecular formula is C41H47N7O5. The highest BCUT2D eigenvalue weighted by molar-refractivity contribution is 5.98. The lowest BCUT2D eigenvalue weighted by molar-refractivity contribution is -0.137. The van der Waals surface area contributed by atoms with Gasteiger partial charge in [0.15, 0.2) is 5.76 Å². The van der Waals surface area contributed by atoms with Crippen LogP contribution in [-0.2, 0) is 14.3 Å². The summed E-state index contributed by atoms with van der Waals surface area (Å²) in [6.45, 7) is 8.51. The second-order valence-corrected chi connectivity index (χ2v) is 15.2. The van der Waals surface area contributed by atoms with Crippen LogP contribution in [0.2, 0.25) is 0 Å². The average Bonchev–Trinajstić information content (AvgIpc) is 3.94. The van der Waals surface area contributed by atoms with E-state index in [1.165, 1.54) is 4.90 Å². The van der Waals surface area contributed by atoms with Crippen molar-refractivity contribution in [3.05, 3.63) is 89.9 Å². The molecule has 53 heavy (non-hydrogen) atoms. The second-order valence-electron chi connectivity index (χ2n) is 15.2. The fourth-order valence-corrected chi connectivity index (χ4v) is 7.33. The van der Waals surface area contributed by atoms with E-state index in [9.17, 15) is 14.4 Å². The topological polar surface area (TPSA) is 137 Å². The molecule has 3 atom stereocenters. The molecule has 2 aliphatic rings. The normalized spacial score (nSPS) is 18.2. The average molecular weight is 718 g/mol. The Balaban J connectivity index is 1.07. The summed E-state index contributed by atoms with van der Waals surface area (Å²) in [5.41, 5.74) is 4.99. The predicted molar refractivity (Wildman–Crippen MR) is 203 cm³/mol. The number of amides is 3. The third kappa shape index (κ3) is 7.54. The highest BCUT2D eigenvalue weighted by atomic mass is 16.6. The molecule has 5 aromatic rings. The lowest BCUT2D eigenvalue weighted by atomic mass is 10.0. The van der Waals surface area contributed by atoms with Crippen molar-refractivity contribution in [3.8, 4) is 22.8 Å². The summed E-state index contributed by atoms with van der Waals surface area (Å²) in [4.78, 5) is 58.6. The monoisotopic (exact) mass is 717 g/mol. The molecule has 12 heteroatoms. The minimum Gasteiger partial charge on any atom is -0.444 e. The van der Waals surface area contributed by atoms with Crippen molar-refractivity contribution in [1.29, 1.82) is 0 Å². The molecule has 2 aromatic heterocycles. The number of H-pyrrole nitrogens is 1. The molecule has 2 saturated heterocycles. The number of hydrogen-bond acceptors (Lipinski definition) is 8. The van der Waals surface area contributed by atoms with E-state index in [0.717, 1.165) is 52.8 Å². The number of aryl methyl sites for hydroxylation is 1. The number of aromatic amines is 1. The van der Waals surface area contributed by atoms with Crippen molar-refractivity contribution < 1.29 is 23.5 Å². The summed E-state index contributed by atoms with van der Waals surface area (Å²) < 4.78 is 11.8. The number of nitrogens with one attached hydrogen (secondary N) is 2. The fraction of sp³-hybridized carbons (Fsp3) is 0.390. The summed E-state index contributed by atoms with van der Waals surface area (Å²) in [5, 5.41) is 3.03. The molecule has 3 aromatic carbocycles. The quantitative estimate of drug-likeness (QED) is 0.168. The summed E-state index contributed by atoms with van der Waals surface area (Å²) in [5.74, 6) is 1.57. The first kappa shape index (κ1) is 35.9. The third-order valence-corrected chi connectivity index (χ3v) is 9.93. The zero-order valence-corrected chi connectivity index (χ0v) is 31.2. The largest absolute Gasteiger partial charge is 0.444 e. The Morgan fingerprint density at radius 3 is 2.45 bits per heavy atom. The maximum Gasteiger partial charge on any atom is 0.410 e. The number of aromatic nitrogens is 3. The number of hydrogen-bond donors (Lipinski definition) is 2. The molecule has 0 aliphatic carbocycles. The van der Waals surface area contributed by atoms with Crippen LogP contribution >= 0.6 is 0 Å². The number of rotatable bonds is 8. The molecule has 0 spiro atoms. The van der Waals surface area contributed by atoms with E-state index < -0.39 is 17.7 Å². The SMILES string of the molecule is Cc1ccc(-c2ncc(-c3ccc4nc([C@@H]5CCCN5C(=O)[C@@H](c5ccccc5)N(C)C)[nH]c4c3)o2)cc1NC(=O)[C@@H]1CCCN1C(=O)OC(C)(C)C. The maximum absolute atomic E-state index is 14.0. The van der Waals surface area contributed by atoms with Crippen molar-refractivity contribution >= 4 is 34.6 Å². The first-order chi connectivity index (χ1) is 25.4. The van der Waals surface area contributed by atoms with Gasteiger partial charge in [-0.05, 0) is 109 Å².